The fourth-order valence-electron chi connectivity index (χ4n) is 2.79. The minimum Gasteiger partial charge on any atom is -0.399 e. The first-order valence-corrected chi connectivity index (χ1v) is 7.02. The van der Waals surface area contributed by atoms with Crippen LogP contribution in [0.25, 0.3) is 0 Å². The zero-order valence-electron chi connectivity index (χ0n) is 11.9. The Morgan fingerprint density at radius 3 is 2.81 bits per heavy atom. The SMILES string of the molecule is Cc1ccc2c(c1)CCCN2C(=O)c1ccc(N)cc1F. The summed E-state index contributed by atoms with van der Waals surface area (Å²) in [5.41, 5.74) is 9.11. The van der Waals surface area contributed by atoms with Crippen LogP contribution in [0.1, 0.15) is 27.9 Å². The molecule has 1 heterocycles. The van der Waals surface area contributed by atoms with Crippen molar-refractivity contribution in [2.24, 2.45) is 0 Å². The Morgan fingerprint density at radius 2 is 2.05 bits per heavy atom. The second-order valence-corrected chi connectivity index (χ2v) is 5.43. The highest BCUT2D eigenvalue weighted by atomic mass is 19.1. The average Bonchev–Trinajstić information content (AvgIpc) is 2.45. The highest BCUT2D eigenvalue weighted by Gasteiger charge is 2.25. The normalized spacial score (nSPS) is 13.9. The fourth-order valence-corrected chi connectivity index (χ4v) is 2.79. The molecule has 0 saturated heterocycles. The van der Waals surface area contributed by atoms with Gasteiger partial charge in [-0.25, -0.2) is 4.39 Å². The number of aryl methyl sites for hydroxylation is 2. The van der Waals surface area contributed by atoms with Crippen LogP contribution in [-0.2, 0) is 6.42 Å². The quantitative estimate of drug-likeness (QED) is 0.817. The molecule has 0 saturated carbocycles. The largest absolute Gasteiger partial charge is 0.399 e. The maximum absolute atomic E-state index is 14.0. The van der Waals surface area contributed by atoms with Crippen molar-refractivity contribution >= 4 is 17.3 Å². The molecule has 1 aliphatic heterocycles. The van der Waals surface area contributed by atoms with Crippen LogP contribution < -0.4 is 10.6 Å². The van der Waals surface area contributed by atoms with Gasteiger partial charge in [0.05, 0.1) is 5.56 Å². The second kappa shape index (κ2) is 5.20. The molecule has 0 fully saturated rings. The molecule has 2 aromatic rings. The molecule has 0 unspecified atom stereocenters. The van der Waals surface area contributed by atoms with Crippen LogP contribution in [0.3, 0.4) is 0 Å². The molecule has 1 aliphatic rings. The summed E-state index contributed by atoms with van der Waals surface area (Å²) >= 11 is 0. The molecule has 0 radical (unpaired) electrons. The number of hydrogen-bond donors (Lipinski definition) is 1. The van der Waals surface area contributed by atoms with Crippen molar-refractivity contribution in [3.63, 3.8) is 0 Å². The van der Waals surface area contributed by atoms with Gasteiger partial charge in [0.1, 0.15) is 5.82 Å². The molecular weight excluding hydrogens is 267 g/mol. The van der Waals surface area contributed by atoms with E-state index in [-0.39, 0.29) is 11.5 Å². The summed E-state index contributed by atoms with van der Waals surface area (Å²) in [6, 6.07) is 10.2. The fraction of sp³-hybridized carbons (Fsp3) is 0.235. The summed E-state index contributed by atoms with van der Waals surface area (Å²) < 4.78 is 14.0. The van der Waals surface area contributed by atoms with Crippen LogP contribution >= 0.6 is 0 Å². The van der Waals surface area contributed by atoms with E-state index in [9.17, 15) is 9.18 Å². The number of rotatable bonds is 1. The highest BCUT2D eigenvalue weighted by Crippen LogP contribution is 2.29. The highest BCUT2D eigenvalue weighted by molar-refractivity contribution is 6.07. The monoisotopic (exact) mass is 284 g/mol. The van der Waals surface area contributed by atoms with E-state index in [1.165, 1.54) is 17.7 Å². The van der Waals surface area contributed by atoms with Crippen LogP contribution in [0.5, 0.6) is 0 Å². The predicted octanol–water partition coefficient (Wildman–Crippen LogP) is 3.31. The molecule has 0 spiro atoms. The standard InChI is InChI=1S/C17H17FN2O/c1-11-4-7-16-12(9-11)3-2-8-20(16)17(21)14-6-5-13(19)10-15(14)18/h4-7,9-10H,2-3,8,19H2,1H3. The van der Waals surface area contributed by atoms with E-state index < -0.39 is 5.82 Å². The lowest BCUT2D eigenvalue weighted by atomic mass is 9.98. The molecule has 0 aromatic heterocycles. The number of carbonyl (C=O) groups excluding carboxylic acids is 1. The summed E-state index contributed by atoms with van der Waals surface area (Å²) in [6.45, 7) is 2.64. The number of nitrogen functional groups attached to an aromatic ring is 1. The summed E-state index contributed by atoms with van der Waals surface area (Å²) in [5, 5.41) is 0. The average molecular weight is 284 g/mol. The van der Waals surface area contributed by atoms with Crippen molar-refractivity contribution in [2.75, 3.05) is 17.2 Å². The number of nitrogens with two attached hydrogens (primary N) is 1. The smallest absolute Gasteiger partial charge is 0.261 e. The lowest BCUT2D eigenvalue weighted by Gasteiger charge is -2.30. The first-order chi connectivity index (χ1) is 10.1. The number of anilines is 2. The number of amides is 1. The third-order valence-corrected chi connectivity index (χ3v) is 3.82. The van der Waals surface area contributed by atoms with Gasteiger partial charge in [0.25, 0.3) is 5.91 Å². The van der Waals surface area contributed by atoms with E-state index in [0.717, 1.165) is 24.1 Å². The van der Waals surface area contributed by atoms with Gasteiger partial charge in [-0.1, -0.05) is 17.7 Å². The Hall–Kier alpha value is -2.36. The van der Waals surface area contributed by atoms with Crippen LogP contribution in [0, 0.1) is 12.7 Å². The van der Waals surface area contributed by atoms with E-state index in [0.29, 0.717) is 12.2 Å². The second-order valence-electron chi connectivity index (χ2n) is 5.43. The third-order valence-electron chi connectivity index (χ3n) is 3.82. The lowest BCUT2D eigenvalue weighted by Crippen LogP contribution is -2.36. The predicted molar refractivity (Wildman–Crippen MR) is 82.0 cm³/mol. The first-order valence-electron chi connectivity index (χ1n) is 7.02. The van der Waals surface area contributed by atoms with E-state index in [2.05, 4.69) is 6.07 Å². The lowest BCUT2D eigenvalue weighted by molar-refractivity contribution is 0.0981. The maximum atomic E-state index is 14.0. The molecule has 2 aromatic carbocycles. The third kappa shape index (κ3) is 2.49. The Labute approximate surface area is 123 Å². The molecule has 3 rings (SSSR count). The zero-order chi connectivity index (χ0) is 15.0. The van der Waals surface area contributed by atoms with Gasteiger partial charge in [-0.2, -0.15) is 0 Å². The topological polar surface area (TPSA) is 46.3 Å². The van der Waals surface area contributed by atoms with Crippen molar-refractivity contribution in [3.05, 3.63) is 58.9 Å². The van der Waals surface area contributed by atoms with Gasteiger partial charge in [0, 0.05) is 17.9 Å². The summed E-state index contributed by atoms with van der Waals surface area (Å²) in [5.74, 6) is -0.878. The Bertz CT molecular complexity index is 712. The summed E-state index contributed by atoms with van der Waals surface area (Å²) in [6.07, 6.45) is 1.84. The van der Waals surface area contributed by atoms with E-state index in [1.54, 1.807) is 11.0 Å². The molecule has 21 heavy (non-hydrogen) atoms. The Morgan fingerprint density at radius 1 is 1.24 bits per heavy atom. The molecular formula is C17H17FN2O. The van der Waals surface area contributed by atoms with Crippen molar-refractivity contribution in [3.8, 4) is 0 Å². The van der Waals surface area contributed by atoms with Crippen molar-refractivity contribution in [1.29, 1.82) is 0 Å². The molecule has 108 valence electrons. The van der Waals surface area contributed by atoms with Crippen LogP contribution in [0.4, 0.5) is 15.8 Å². The van der Waals surface area contributed by atoms with Crippen molar-refractivity contribution < 1.29 is 9.18 Å². The number of fused-ring (bicyclic) bond motifs is 1. The Balaban J connectivity index is 2.00. The van der Waals surface area contributed by atoms with E-state index >= 15 is 0 Å². The molecule has 3 nitrogen and oxygen atoms in total. The van der Waals surface area contributed by atoms with Crippen LogP contribution in [0.2, 0.25) is 0 Å². The molecule has 2 N–H and O–H groups in total. The van der Waals surface area contributed by atoms with Gasteiger partial charge >= 0.3 is 0 Å². The van der Waals surface area contributed by atoms with Crippen LogP contribution in [-0.4, -0.2) is 12.5 Å². The molecule has 0 bridgehead atoms. The maximum Gasteiger partial charge on any atom is 0.261 e. The van der Waals surface area contributed by atoms with Crippen molar-refractivity contribution in [2.45, 2.75) is 19.8 Å². The zero-order valence-corrected chi connectivity index (χ0v) is 11.9. The number of halogens is 1. The van der Waals surface area contributed by atoms with Gasteiger partial charge in [-0.05, 0) is 49.6 Å². The number of hydrogen-bond acceptors (Lipinski definition) is 2. The minimum atomic E-state index is -0.570. The number of carbonyl (C=O) groups is 1. The molecule has 0 aliphatic carbocycles. The summed E-state index contributed by atoms with van der Waals surface area (Å²) in [4.78, 5) is 14.3. The first kappa shape index (κ1) is 13.6. The van der Waals surface area contributed by atoms with Crippen molar-refractivity contribution in [1.82, 2.24) is 0 Å². The number of benzene rings is 2. The summed E-state index contributed by atoms with van der Waals surface area (Å²) in [7, 11) is 0. The van der Waals surface area contributed by atoms with Gasteiger partial charge in [-0.3, -0.25) is 4.79 Å². The number of nitrogens with zero attached hydrogens (tertiary/aromatic N) is 1. The van der Waals surface area contributed by atoms with Crippen LogP contribution in [0.15, 0.2) is 36.4 Å². The van der Waals surface area contributed by atoms with Gasteiger partial charge in [-0.15, -0.1) is 0 Å². The Kier molecular flexibility index (Phi) is 3.37. The van der Waals surface area contributed by atoms with E-state index in [4.69, 9.17) is 5.73 Å². The minimum absolute atomic E-state index is 0.0672. The van der Waals surface area contributed by atoms with E-state index in [1.807, 2.05) is 19.1 Å². The van der Waals surface area contributed by atoms with Gasteiger partial charge < -0.3 is 10.6 Å². The van der Waals surface area contributed by atoms with Gasteiger partial charge in [0.15, 0.2) is 0 Å². The molecule has 4 heteroatoms. The molecule has 0 atom stereocenters. The van der Waals surface area contributed by atoms with Gasteiger partial charge in [0.2, 0.25) is 0 Å². The molecule has 1 amide bonds.